The molecule has 1 saturated heterocycles. The van der Waals surface area contributed by atoms with Crippen molar-refractivity contribution in [1.82, 2.24) is 14.9 Å². The molecule has 1 aromatic carbocycles. The van der Waals surface area contributed by atoms with Gasteiger partial charge in [-0.05, 0) is 24.3 Å². The van der Waals surface area contributed by atoms with E-state index in [0.717, 1.165) is 23.7 Å². The summed E-state index contributed by atoms with van der Waals surface area (Å²) in [6, 6.07) is 13.6. The van der Waals surface area contributed by atoms with Crippen molar-refractivity contribution in [1.29, 1.82) is 0 Å². The topological polar surface area (TPSA) is 49.3 Å². The first kappa shape index (κ1) is 14.1. The van der Waals surface area contributed by atoms with Crippen LogP contribution in [0, 0.1) is 0 Å². The van der Waals surface area contributed by atoms with E-state index >= 15 is 0 Å². The Morgan fingerprint density at radius 2 is 1.78 bits per heavy atom. The molecule has 1 fully saturated rings. The Kier molecular flexibility index (Phi) is 3.67. The zero-order valence-corrected chi connectivity index (χ0v) is 13.4. The fraction of sp³-hybridized carbons (Fsp3) is 0.235. The van der Waals surface area contributed by atoms with Crippen molar-refractivity contribution >= 4 is 32.6 Å². The summed E-state index contributed by atoms with van der Waals surface area (Å²) >= 11 is 1.71. The molecule has 116 valence electrons. The molecule has 0 bridgehead atoms. The molecule has 0 saturated carbocycles. The van der Waals surface area contributed by atoms with Gasteiger partial charge in [-0.15, -0.1) is 0 Å². The molecule has 0 aliphatic carbocycles. The lowest BCUT2D eigenvalue weighted by atomic mass is 10.2. The van der Waals surface area contributed by atoms with Gasteiger partial charge in [-0.3, -0.25) is 9.78 Å². The van der Waals surface area contributed by atoms with Gasteiger partial charge < -0.3 is 9.80 Å². The summed E-state index contributed by atoms with van der Waals surface area (Å²) in [5.41, 5.74) is 1.56. The average molecular weight is 324 g/mol. The van der Waals surface area contributed by atoms with E-state index in [-0.39, 0.29) is 5.91 Å². The highest BCUT2D eigenvalue weighted by molar-refractivity contribution is 7.22. The van der Waals surface area contributed by atoms with Gasteiger partial charge in [0.2, 0.25) is 0 Å². The highest BCUT2D eigenvalue weighted by Crippen LogP contribution is 2.29. The van der Waals surface area contributed by atoms with Crippen molar-refractivity contribution in [2.45, 2.75) is 0 Å². The van der Waals surface area contributed by atoms with E-state index in [1.54, 1.807) is 23.6 Å². The second-order valence-electron chi connectivity index (χ2n) is 5.46. The highest BCUT2D eigenvalue weighted by atomic mass is 32.1. The molecular weight excluding hydrogens is 308 g/mol. The van der Waals surface area contributed by atoms with Crippen molar-refractivity contribution in [3.63, 3.8) is 0 Å². The van der Waals surface area contributed by atoms with Crippen molar-refractivity contribution in [3.05, 3.63) is 54.4 Å². The number of hydrogen-bond acceptors (Lipinski definition) is 5. The number of fused-ring (bicyclic) bond motifs is 1. The first-order valence-corrected chi connectivity index (χ1v) is 8.44. The summed E-state index contributed by atoms with van der Waals surface area (Å²) < 4.78 is 1.20. The Labute approximate surface area is 138 Å². The number of carbonyl (C=O) groups is 1. The van der Waals surface area contributed by atoms with Crippen LogP contribution in [0.1, 0.15) is 10.5 Å². The first-order chi connectivity index (χ1) is 11.3. The molecule has 3 aromatic rings. The summed E-state index contributed by atoms with van der Waals surface area (Å²) in [7, 11) is 0. The number of para-hydroxylation sites is 1. The van der Waals surface area contributed by atoms with Crippen LogP contribution in [0.2, 0.25) is 0 Å². The lowest BCUT2D eigenvalue weighted by molar-refractivity contribution is 0.0741. The molecule has 5 nitrogen and oxygen atoms in total. The normalized spacial score (nSPS) is 15.1. The van der Waals surface area contributed by atoms with Gasteiger partial charge in [0.05, 0.1) is 10.2 Å². The largest absolute Gasteiger partial charge is 0.345 e. The molecule has 6 heteroatoms. The fourth-order valence-electron chi connectivity index (χ4n) is 2.75. The van der Waals surface area contributed by atoms with E-state index in [4.69, 9.17) is 4.98 Å². The number of benzene rings is 1. The summed E-state index contributed by atoms with van der Waals surface area (Å²) in [5, 5.41) is 1.04. The Morgan fingerprint density at radius 3 is 2.52 bits per heavy atom. The minimum absolute atomic E-state index is 0.00884. The first-order valence-electron chi connectivity index (χ1n) is 7.62. The molecule has 3 heterocycles. The number of carbonyl (C=O) groups excluding carboxylic acids is 1. The van der Waals surface area contributed by atoms with Gasteiger partial charge in [-0.25, -0.2) is 4.98 Å². The van der Waals surface area contributed by atoms with Crippen molar-refractivity contribution in [2.24, 2.45) is 0 Å². The van der Waals surface area contributed by atoms with E-state index in [2.05, 4.69) is 16.0 Å². The number of amides is 1. The van der Waals surface area contributed by atoms with Gasteiger partial charge in [0.25, 0.3) is 5.91 Å². The van der Waals surface area contributed by atoms with Crippen LogP contribution in [-0.2, 0) is 0 Å². The summed E-state index contributed by atoms with van der Waals surface area (Å²) in [6.07, 6.45) is 1.66. The smallest absolute Gasteiger partial charge is 0.272 e. The van der Waals surface area contributed by atoms with Crippen molar-refractivity contribution in [2.75, 3.05) is 31.1 Å². The van der Waals surface area contributed by atoms with Crippen LogP contribution in [0.4, 0.5) is 5.13 Å². The second kappa shape index (κ2) is 5.96. The number of anilines is 1. The Morgan fingerprint density at radius 1 is 1.00 bits per heavy atom. The van der Waals surface area contributed by atoms with Crippen molar-refractivity contribution in [3.8, 4) is 0 Å². The van der Waals surface area contributed by atoms with E-state index in [0.29, 0.717) is 18.8 Å². The van der Waals surface area contributed by atoms with Crippen LogP contribution < -0.4 is 4.90 Å². The lowest BCUT2D eigenvalue weighted by Crippen LogP contribution is -2.49. The molecule has 1 aliphatic heterocycles. The molecular formula is C17H16N4OS. The zero-order valence-electron chi connectivity index (χ0n) is 12.6. The molecule has 0 atom stereocenters. The Balaban J connectivity index is 1.45. The number of piperazine rings is 1. The molecule has 23 heavy (non-hydrogen) atoms. The number of thiazole rings is 1. The standard InChI is InChI=1S/C17H16N4OS/c22-16(14-6-3-4-8-18-14)20-9-11-21(12-10-20)17-19-13-5-1-2-7-15(13)23-17/h1-8H,9-12H2. The Hall–Kier alpha value is -2.47. The fourth-order valence-corrected chi connectivity index (χ4v) is 3.76. The van der Waals surface area contributed by atoms with Gasteiger partial charge in [-0.1, -0.05) is 29.5 Å². The number of hydrogen-bond donors (Lipinski definition) is 0. The maximum atomic E-state index is 12.4. The van der Waals surface area contributed by atoms with Crippen LogP contribution in [0.15, 0.2) is 48.7 Å². The number of nitrogens with zero attached hydrogens (tertiary/aromatic N) is 4. The third-order valence-corrected chi connectivity index (χ3v) is 5.10. The van der Waals surface area contributed by atoms with E-state index in [9.17, 15) is 4.79 Å². The molecule has 2 aromatic heterocycles. The maximum Gasteiger partial charge on any atom is 0.272 e. The van der Waals surface area contributed by atoms with Crippen LogP contribution in [-0.4, -0.2) is 47.0 Å². The van der Waals surface area contributed by atoms with Crippen LogP contribution in [0.3, 0.4) is 0 Å². The molecule has 0 spiro atoms. The molecule has 4 rings (SSSR count). The summed E-state index contributed by atoms with van der Waals surface area (Å²) in [4.78, 5) is 25.4. The third kappa shape index (κ3) is 2.77. The summed E-state index contributed by atoms with van der Waals surface area (Å²) in [6.45, 7) is 3.01. The van der Waals surface area contributed by atoms with E-state index in [1.165, 1.54) is 4.70 Å². The maximum absolute atomic E-state index is 12.4. The molecule has 1 aliphatic rings. The highest BCUT2D eigenvalue weighted by Gasteiger charge is 2.24. The minimum Gasteiger partial charge on any atom is -0.345 e. The van der Waals surface area contributed by atoms with Gasteiger partial charge in [0.1, 0.15) is 5.69 Å². The predicted octanol–water partition coefficient (Wildman–Crippen LogP) is 2.65. The van der Waals surface area contributed by atoms with Gasteiger partial charge >= 0.3 is 0 Å². The molecule has 0 radical (unpaired) electrons. The van der Waals surface area contributed by atoms with Gasteiger partial charge in [0, 0.05) is 32.4 Å². The monoisotopic (exact) mass is 324 g/mol. The quantitative estimate of drug-likeness (QED) is 0.727. The predicted molar refractivity (Wildman–Crippen MR) is 92.0 cm³/mol. The zero-order chi connectivity index (χ0) is 15.6. The van der Waals surface area contributed by atoms with Crippen LogP contribution in [0.25, 0.3) is 10.2 Å². The van der Waals surface area contributed by atoms with Crippen molar-refractivity contribution < 1.29 is 4.79 Å². The second-order valence-corrected chi connectivity index (χ2v) is 6.47. The number of rotatable bonds is 2. The van der Waals surface area contributed by atoms with Crippen LogP contribution >= 0.6 is 11.3 Å². The van der Waals surface area contributed by atoms with Gasteiger partial charge in [-0.2, -0.15) is 0 Å². The third-order valence-electron chi connectivity index (χ3n) is 4.00. The molecule has 0 unspecified atom stereocenters. The molecule has 0 N–H and O–H groups in total. The number of aromatic nitrogens is 2. The minimum atomic E-state index is 0.00884. The SMILES string of the molecule is O=C(c1ccccn1)N1CCN(c2nc3ccccc3s2)CC1. The van der Waals surface area contributed by atoms with Gasteiger partial charge in [0.15, 0.2) is 5.13 Å². The Bertz CT molecular complexity index is 792. The number of pyridine rings is 1. The van der Waals surface area contributed by atoms with E-state index < -0.39 is 0 Å². The average Bonchev–Trinajstić information content (AvgIpc) is 3.06. The van der Waals surface area contributed by atoms with E-state index in [1.807, 2.05) is 35.2 Å². The lowest BCUT2D eigenvalue weighted by Gasteiger charge is -2.34. The molecule has 1 amide bonds. The van der Waals surface area contributed by atoms with Crippen LogP contribution in [0.5, 0.6) is 0 Å². The summed E-state index contributed by atoms with van der Waals surface area (Å²) in [5.74, 6) is 0.00884.